The first-order valence-electron chi connectivity index (χ1n) is 8.84. The third-order valence-corrected chi connectivity index (χ3v) is 5.68. The van der Waals surface area contributed by atoms with Gasteiger partial charge < -0.3 is 15.3 Å². The molecule has 1 aliphatic heterocycles. The van der Waals surface area contributed by atoms with Crippen molar-refractivity contribution in [1.82, 2.24) is 0 Å². The van der Waals surface area contributed by atoms with Crippen LogP contribution < -0.4 is 10.2 Å². The Kier molecular flexibility index (Phi) is 3.84. The van der Waals surface area contributed by atoms with Crippen molar-refractivity contribution in [3.8, 4) is 6.07 Å². The maximum Gasteiger partial charge on any atom is 0.336 e. The monoisotopic (exact) mass is 347 g/mol. The van der Waals surface area contributed by atoms with E-state index < -0.39 is 5.97 Å². The molecule has 2 atom stereocenters. The molecule has 4 rings (SSSR count). The molecule has 2 unspecified atom stereocenters. The first-order valence-corrected chi connectivity index (χ1v) is 8.84. The van der Waals surface area contributed by atoms with Crippen LogP contribution >= 0.6 is 0 Å². The van der Waals surface area contributed by atoms with Gasteiger partial charge >= 0.3 is 5.97 Å². The Morgan fingerprint density at radius 3 is 2.54 bits per heavy atom. The van der Waals surface area contributed by atoms with Gasteiger partial charge in [-0.05, 0) is 43.2 Å². The number of nitrogens with one attached hydrogen (secondary N) is 1. The molecule has 2 aromatic carbocycles. The van der Waals surface area contributed by atoms with Crippen molar-refractivity contribution in [3.05, 3.63) is 58.7 Å². The van der Waals surface area contributed by atoms with E-state index in [1.807, 2.05) is 44.2 Å². The number of aryl methyl sites for hydroxylation is 2. The molecule has 2 fully saturated rings. The van der Waals surface area contributed by atoms with E-state index in [1.165, 1.54) is 0 Å². The van der Waals surface area contributed by atoms with Gasteiger partial charge in [-0.25, -0.2) is 4.79 Å². The summed E-state index contributed by atoms with van der Waals surface area (Å²) in [6.45, 7) is 5.70. The van der Waals surface area contributed by atoms with Crippen LogP contribution in [0.3, 0.4) is 0 Å². The molecule has 0 amide bonds. The van der Waals surface area contributed by atoms with E-state index in [-0.39, 0.29) is 0 Å². The standard InChI is InChI=1S/C21H21N3O2/c1-12-7-13(2)18(8-15(12)21(25)26)23-20-16-10-24(11-17(16)20)19-6-4-3-5-14(19)9-22/h3-8,16-17,20,23H,10-11H2,1-2H3,(H,25,26). The molecular formula is C21H21N3O2. The number of hydrogen-bond donors (Lipinski definition) is 2. The number of rotatable bonds is 4. The first-order chi connectivity index (χ1) is 12.5. The summed E-state index contributed by atoms with van der Waals surface area (Å²) >= 11 is 0. The van der Waals surface area contributed by atoms with Gasteiger partial charge in [-0.1, -0.05) is 18.2 Å². The number of nitrogens with zero attached hydrogens (tertiary/aromatic N) is 2. The van der Waals surface area contributed by atoms with Gasteiger partial charge in [0, 0.05) is 36.7 Å². The van der Waals surface area contributed by atoms with Gasteiger partial charge in [0.1, 0.15) is 6.07 Å². The predicted molar refractivity (Wildman–Crippen MR) is 101 cm³/mol. The van der Waals surface area contributed by atoms with E-state index in [4.69, 9.17) is 0 Å². The zero-order chi connectivity index (χ0) is 18.4. The fourth-order valence-corrected chi connectivity index (χ4v) is 4.20. The lowest BCUT2D eigenvalue weighted by atomic mass is 10.0. The molecule has 1 saturated heterocycles. The molecule has 0 radical (unpaired) electrons. The molecule has 1 saturated carbocycles. The summed E-state index contributed by atoms with van der Waals surface area (Å²) < 4.78 is 0. The van der Waals surface area contributed by atoms with Gasteiger partial charge in [-0.3, -0.25) is 0 Å². The van der Waals surface area contributed by atoms with Crippen LogP contribution in [0.4, 0.5) is 11.4 Å². The normalized spacial score (nSPS) is 23.3. The topological polar surface area (TPSA) is 76.4 Å². The van der Waals surface area contributed by atoms with Crippen molar-refractivity contribution >= 4 is 17.3 Å². The minimum atomic E-state index is -0.888. The highest BCUT2D eigenvalue weighted by atomic mass is 16.4. The van der Waals surface area contributed by atoms with Crippen LogP contribution in [0.15, 0.2) is 36.4 Å². The molecule has 5 heteroatoms. The summed E-state index contributed by atoms with van der Waals surface area (Å²) in [6.07, 6.45) is 0. The van der Waals surface area contributed by atoms with Crippen LogP contribution in [-0.2, 0) is 0 Å². The second-order valence-electron chi connectivity index (χ2n) is 7.32. The molecule has 2 aliphatic rings. The Labute approximate surface area is 152 Å². The highest BCUT2D eigenvalue weighted by Gasteiger charge is 2.56. The maximum atomic E-state index is 11.4. The molecule has 0 spiro atoms. The number of para-hydroxylation sites is 1. The van der Waals surface area contributed by atoms with Gasteiger partial charge in [-0.15, -0.1) is 0 Å². The van der Waals surface area contributed by atoms with Crippen molar-refractivity contribution in [3.63, 3.8) is 0 Å². The molecule has 26 heavy (non-hydrogen) atoms. The number of fused-ring (bicyclic) bond motifs is 1. The summed E-state index contributed by atoms with van der Waals surface area (Å²) in [5.41, 5.74) is 4.87. The van der Waals surface area contributed by atoms with E-state index in [1.54, 1.807) is 6.07 Å². The number of piperidine rings is 1. The lowest BCUT2D eigenvalue weighted by Crippen LogP contribution is -2.28. The van der Waals surface area contributed by atoms with E-state index in [0.29, 0.717) is 23.4 Å². The van der Waals surface area contributed by atoms with E-state index in [9.17, 15) is 15.2 Å². The molecule has 2 N–H and O–H groups in total. The van der Waals surface area contributed by atoms with Crippen molar-refractivity contribution in [2.45, 2.75) is 19.9 Å². The maximum absolute atomic E-state index is 11.4. The summed E-state index contributed by atoms with van der Waals surface area (Å²) in [4.78, 5) is 13.7. The summed E-state index contributed by atoms with van der Waals surface area (Å²) in [5, 5.41) is 22.2. The lowest BCUT2D eigenvalue weighted by Gasteiger charge is -2.24. The minimum Gasteiger partial charge on any atom is -0.478 e. The van der Waals surface area contributed by atoms with E-state index >= 15 is 0 Å². The van der Waals surface area contributed by atoms with Gasteiger partial charge in [0.05, 0.1) is 16.8 Å². The van der Waals surface area contributed by atoms with Gasteiger partial charge in [0.15, 0.2) is 0 Å². The number of carbonyl (C=O) groups is 1. The highest BCUT2D eigenvalue weighted by Crippen LogP contribution is 2.49. The van der Waals surface area contributed by atoms with Crippen LogP contribution in [0, 0.1) is 37.0 Å². The van der Waals surface area contributed by atoms with Crippen molar-refractivity contribution in [2.75, 3.05) is 23.3 Å². The summed E-state index contributed by atoms with van der Waals surface area (Å²) in [5.74, 6) is 0.187. The molecule has 132 valence electrons. The third kappa shape index (κ3) is 2.68. The third-order valence-electron chi connectivity index (χ3n) is 5.68. The zero-order valence-electron chi connectivity index (χ0n) is 14.9. The second-order valence-corrected chi connectivity index (χ2v) is 7.32. The zero-order valence-corrected chi connectivity index (χ0v) is 14.9. The minimum absolute atomic E-state index is 0.355. The average Bonchev–Trinajstić information content (AvgIpc) is 3.05. The molecular weight excluding hydrogens is 326 g/mol. The molecule has 0 bridgehead atoms. The van der Waals surface area contributed by atoms with Gasteiger partial charge in [-0.2, -0.15) is 5.26 Å². The predicted octanol–water partition coefficient (Wildman–Crippen LogP) is 3.42. The Bertz CT molecular complexity index is 919. The van der Waals surface area contributed by atoms with Crippen molar-refractivity contribution in [1.29, 1.82) is 5.26 Å². The van der Waals surface area contributed by atoms with Crippen LogP contribution in [0.25, 0.3) is 0 Å². The van der Waals surface area contributed by atoms with Gasteiger partial charge in [0.2, 0.25) is 0 Å². The number of benzene rings is 2. The number of carboxylic acid groups (broad SMARTS) is 1. The second kappa shape index (κ2) is 6.06. The van der Waals surface area contributed by atoms with Crippen LogP contribution in [-0.4, -0.2) is 30.2 Å². The Morgan fingerprint density at radius 1 is 1.19 bits per heavy atom. The fourth-order valence-electron chi connectivity index (χ4n) is 4.20. The Morgan fingerprint density at radius 2 is 1.88 bits per heavy atom. The number of nitriles is 1. The fraction of sp³-hybridized carbons (Fsp3) is 0.333. The molecule has 2 aromatic rings. The number of aromatic carboxylic acids is 1. The summed E-state index contributed by atoms with van der Waals surface area (Å²) in [6, 6.07) is 14.1. The highest BCUT2D eigenvalue weighted by molar-refractivity contribution is 5.91. The van der Waals surface area contributed by atoms with Crippen molar-refractivity contribution < 1.29 is 9.90 Å². The number of anilines is 2. The van der Waals surface area contributed by atoms with E-state index in [0.717, 1.165) is 41.2 Å². The van der Waals surface area contributed by atoms with Crippen LogP contribution in [0.2, 0.25) is 0 Å². The number of hydrogen-bond acceptors (Lipinski definition) is 4. The quantitative estimate of drug-likeness (QED) is 0.886. The number of carboxylic acids is 1. The van der Waals surface area contributed by atoms with Crippen LogP contribution in [0.1, 0.15) is 27.0 Å². The molecule has 5 nitrogen and oxygen atoms in total. The Hall–Kier alpha value is -3.00. The van der Waals surface area contributed by atoms with Crippen molar-refractivity contribution in [2.24, 2.45) is 11.8 Å². The van der Waals surface area contributed by atoms with Crippen LogP contribution in [0.5, 0.6) is 0 Å². The van der Waals surface area contributed by atoms with Gasteiger partial charge in [0.25, 0.3) is 0 Å². The van der Waals surface area contributed by atoms with E-state index in [2.05, 4.69) is 16.3 Å². The summed E-state index contributed by atoms with van der Waals surface area (Å²) in [7, 11) is 0. The SMILES string of the molecule is Cc1cc(C)c(C(=O)O)cc1NC1C2CN(c3ccccc3C#N)CC21. The average molecular weight is 347 g/mol. The smallest absolute Gasteiger partial charge is 0.336 e. The molecule has 1 aliphatic carbocycles. The largest absolute Gasteiger partial charge is 0.478 e. The molecule has 0 aromatic heterocycles. The molecule has 1 heterocycles. The lowest BCUT2D eigenvalue weighted by molar-refractivity contribution is 0.0696. The first kappa shape index (κ1) is 16.5. The Balaban J connectivity index is 1.47.